The number of amides is 2. The van der Waals surface area contributed by atoms with Gasteiger partial charge in [-0.3, -0.25) is 9.59 Å². The van der Waals surface area contributed by atoms with Crippen LogP contribution in [0.2, 0.25) is 0 Å². The predicted octanol–water partition coefficient (Wildman–Crippen LogP) is 0.965. The molecule has 0 bridgehead atoms. The maximum absolute atomic E-state index is 12.2. The molecule has 0 radical (unpaired) electrons. The third-order valence-electron chi connectivity index (χ3n) is 3.47. The minimum absolute atomic E-state index is 0.128. The molecule has 0 saturated heterocycles. The van der Waals surface area contributed by atoms with Crippen LogP contribution in [0.3, 0.4) is 0 Å². The van der Waals surface area contributed by atoms with Crippen molar-refractivity contribution in [1.29, 1.82) is 0 Å². The van der Waals surface area contributed by atoms with Crippen LogP contribution in [0, 0.1) is 0 Å². The lowest BCUT2D eigenvalue weighted by Gasteiger charge is -2.18. The third-order valence-corrected chi connectivity index (χ3v) is 4.12. The highest BCUT2D eigenvalue weighted by molar-refractivity contribution is 7.98. The summed E-state index contributed by atoms with van der Waals surface area (Å²) in [5.41, 5.74) is 1.49. The number of carboxylic acid groups (broad SMARTS) is 1. The van der Waals surface area contributed by atoms with Crippen LogP contribution in [0.25, 0.3) is 0 Å². The van der Waals surface area contributed by atoms with Crippen LogP contribution in [-0.4, -0.2) is 52.4 Å². The summed E-state index contributed by atoms with van der Waals surface area (Å²) in [6.07, 6.45) is 2.23. The van der Waals surface area contributed by atoms with Gasteiger partial charge in [0.2, 0.25) is 5.91 Å². The van der Waals surface area contributed by atoms with Crippen LogP contribution in [-0.2, 0) is 16.1 Å². The Balaban J connectivity index is 1.93. The van der Waals surface area contributed by atoms with E-state index in [4.69, 9.17) is 5.11 Å². The van der Waals surface area contributed by atoms with Crippen molar-refractivity contribution in [3.05, 3.63) is 35.4 Å². The monoisotopic (exact) mass is 322 g/mol. The van der Waals surface area contributed by atoms with E-state index in [1.165, 1.54) is 16.7 Å². The van der Waals surface area contributed by atoms with Gasteiger partial charge in [0.15, 0.2) is 0 Å². The summed E-state index contributed by atoms with van der Waals surface area (Å²) >= 11 is 1.52. The zero-order valence-corrected chi connectivity index (χ0v) is 13.1. The molecule has 0 fully saturated rings. The number of carbonyl (C=O) groups excluding carboxylic acids is 2. The molecule has 0 saturated carbocycles. The maximum Gasteiger partial charge on any atom is 0.326 e. The number of nitrogens with zero attached hydrogens (tertiary/aromatic N) is 1. The highest BCUT2D eigenvalue weighted by Crippen LogP contribution is 2.21. The lowest BCUT2D eigenvalue weighted by atomic mass is 10.1. The van der Waals surface area contributed by atoms with Crippen molar-refractivity contribution in [3.63, 3.8) is 0 Å². The predicted molar refractivity (Wildman–Crippen MR) is 83.7 cm³/mol. The molecule has 0 spiro atoms. The Hall–Kier alpha value is -2.02. The number of nitrogens with one attached hydrogen (secondary N) is 1. The Morgan fingerprint density at radius 2 is 2.14 bits per heavy atom. The number of carboxylic acids is 1. The standard InChI is InChI=1S/C15H18N2O4S/c1-22-7-6-12(15(20)21)16-13(18)9-17-8-10-4-2-3-5-11(10)14(17)19/h2-5,12H,6-9H2,1H3,(H,16,18)(H,20,21)/t12-/m0/s1. The molecule has 2 rings (SSSR count). The molecule has 1 aliphatic rings. The number of thioether (sulfide) groups is 1. The van der Waals surface area contributed by atoms with E-state index in [0.717, 1.165) is 5.56 Å². The fraction of sp³-hybridized carbons (Fsp3) is 0.400. The van der Waals surface area contributed by atoms with Crippen LogP contribution in [0.4, 0.5) is 0 Å². The Bertz CT molecular complexity index is 591. The highest BCUT2D eigenvalue weighted by Gasteiger charge is 2.29. The zero-order valence-electron chi connectivity index (χ0n) is 12.2. The fourth-order valence-corrected chi connectivity index (χ4v) is 2.82. The van der Waals surface area contributed by atoms with Crippen LogP contribution in [0.5, 0.6) is 0 Å². The second kappa shape index (κ2) is 7.31. The number of aliphatic carboxylic acids is 1. The van der Waals surface area contributed by atoms with Crippen molar-refractivity contribution in [2.24, 2.45) is 0 Å². The number of fused-ring (bicyclic) bond motifs is 1. The molecule has 22 heavy (non-hydrogen) atoms. The summed E-state index contributed by atoms with van der Waals surface area (Å²) in [6.45, 7) is 0.252. The van der Waals surface area contributed by atoms with E-state index < -0.39 is 17.9 Å². The van der Waals surface area contributed by atoms with Crippen LogP contribution in [0.15, 0.2) is 24.3 Å². The quantitative estimate of drug-likeness (QED) is 0.781. The second-order valence-corrected chi connectivity index (χ2v) is 6.04. The largest absolute Gasteiger partial charge is 0.480 e. The summed E-state index contributed by atoms with van der Waals surface area (Å²) in [7, 11) is 0. The first-order valence-corrected chi connectivity index (χ1v) is 8.30. The average Bonchev–Trinajstić information content (AvgIpc) is 2.80. The first-order valence-electron chi connectivity index (χ1n) is 6.91. The fourth-order valence-electron chi connectivity index (χ4n) is 2.35. The van der Waals surface area contributed by atoms with Gasteiger partial charge in [-0.1, -0.05) is 18.2 Å². The van der Waals surface area contributed by atoms with Crippen molar-refractivity contribution < 1.29 is 19.5 Å². The van der Waals surface area contributed by atoms with Gasteiger partial charge < -0.3 is 15.3 Å². The summed E-state index contributed by atoms with van der Waals surface area (Å²) in [4.78, 5) is 36.7. The molecule has 1 aromatic rings. The molecule has 6 nitrogen and oxygen atoms in total. The smallest absolute Gasteiger partial charge is 0.326 e. The number of carbonyl (C=O) groups is 3. The van der Waals surface area contributed by atoms with Gasteiger partial charge in [-0.15, -0.1) is 0 Å². The number of hydrogen-bond donors (Lipinski definition) is 2. The van der Waals surface area contributed by atoms with E-state index in [1.54, 1.807) is 12.1 Å². The summed E-state index contributed by atoms with van der Waals surface area (Å²) < 4.78 is 0. The SMILES string of the molecule is CSCC[C@H](NC(=O)CN1Cc2ccccc2C1=O)C(=O)O. The van der Waals surface area contributed by atoms with Gasteiger partial charge >= 0.3 is 5.97 Å². The molecule has 2 amide bonds. The molecule has 0 unspecified atom stereocenters. The lowest BCUT2D eigenvalue weighted by molar-refractivity contribution is -0.141. The maximum atomic E-state index is 12.2. The van der Waals surface area contributed by atoms with Gasteiger partial charge in [0.1, 0.15) is 12.6 Å². The van der Waals surface area contributed by atoms with Gasteiger partial charge in [0, 0.05) is 12.1 Å². The van der Waals surface area contributed by atoms with E-state index in [-0.39, 0.29) is 12.5 Å². The molecule has 0 aromatic heterocycles. The van der Waals surface area contributed by atoms with Gasteiger partial charge in [-0.2, -0.15) is 11.8 Å². The second-order valence-electron chi connectivity index (χ2n) is 5.06. The lowest BCUT2D eigenvalue weighted by Crippen LogP contribution is -2.45. The molecular weight excluding hydrogens is 304 g/mol. The third kappa shape index (κ3) is 3.79. The molecule has 118 valence electrons. The molecule has 2 N–H and O–H groups in total. The van der Waals surface area contributed by atoms with Crippen LogP contribution < -0.4 is 5.32 Å². The molecule has 1 aliphatic heterocycles. The van der Waals surface area contributed by atoms with Crippen LogP contribution >= 0.6 is 11.8 Å². The van der Waals surface area contributed by atoms with Crippen molar-refractivity contribution in [1.82, 2.24) is 10.2 Å². The van der Waals surface area contributed by atoms with E-state index in [9.17, 15) is 14.4 Å². The average molecular weight is 322 g/mol. The summed E-state index contributed by atoms with van der Waals surface area (Å²) in [5, 5.41) is 11.6. The molecule has 1 aromatic carbocycles. The first-order chi connectivity index (χ1) is 10.5. The minimum Gasteiger partial charge on any atom is -0.480 e. The molecule has 1 heterocycles. The normalized spacial score (nSPS) is 14.6. The minimum atomic E-state index is -1.06. The highest BCUT2D eigenvalue weighted by atomic mass is 32.2. The molecular formula is C15H18N2O4S. The van der Waals surface area contributed by atoms with Gasteiger partial charge in [-0.05, 0) is 30.1 Å². The molecule has 0 aliphatic carbocycles. The van der Waals surface area contributed by atoms with E-state index in [1.807, 2.05) is 18.4 Å². The Kier molecular flexibility index (Phi) is 5.43. The van der Waals surface area contributed by atoms with E-state index >= 15 is 0 Å². The van der Waals surface area contributed by atoms with Crippen LogP contribution in [0.1, 0.15) is 22.3 Å². The van der Waals surface area contributed by atoms with Crippen molar-refractivity contribution in [3.8, 4) is 0 Å². The summed E-state index contributed by atoms with van der Waals surface area (Å²) in [5.74, 6) is -1.06. The molecule has 1 atom stereocenters. The van der Waals surface area contributed by atoms with E-state index in [0.29, 0.717) is 24.3 Å². The zero-order chi connectivity index (χ0) is 16.1. The van der Waals surface area contributed by atoms with Crippen molar-refractivity contribution >= 4 is 29.5 Å². The Labute approximate surface area is 132 Å². The topological polar surface area (TPSA) is 86.7 Å². The van der Waals surface area contributed by atoms with Crippen molar-refractivity contribution in [2.75, 3.05) is 18.6 Å². The van der Waals surface area contributed by atoms with Gasteiger partial charge in [0.05, 0.1) is 0 Å². The number of rotatable bonds is 7. The van der Waals surface area contributed by atoms with E-state index in [2.05, 4.69) is 5.32 Å². The molecule has 7 heteroatoms. The van der Waals surface area contributed by atoms with Crippen molar-refractivity contribution in [2.45, 2.75) is 19.0 Å². The first kappa shape index (κ1) is 16.4. The Morgan fingerprint density at radius 1 is 1.41 bits per heavy atom. The number of hydrogen-bond acceptors (Lipinski definition) is 4. The summed E-state index contributed by atoms with van der Waals surface area (Å²) in [6, 6.07) is 6.29. The van der Waals surface area contributed by atoms with Gasteiger partial charge in [-0.25, -0.2) is 4.79 Å². The van der Waals surface area contributed by atoms with Gasteiger partial charge in [0.25, 0.3) is 5.91 Å². The Morgan fingerprint density at radius 3 is 2.77 bits per heavy atom. The number of benzene rings is 1.